The molecule has 1 amide bonds. The Bertz CT molecular complexity index is 1400. The van der Waals surface area contributed by atoms with E-state index < -0.39 is 23.7 Å². The number of esters is 1. The van der Waals surface area contributed by atoms with Crippen LogP contribution in [-0.2, 0) is 20.9 Å². The zero-order valence-corrected chi connectivity index (χ0v) is 21.7. The number of likely N-dealkylation sites (tertiary alicyclic amines) is 1. The highest BCUT2D eigenvalue weighted by Gasteiger charge is 2.46. The number of aryl methyl sites for hydroxylation is 3. The fraction of sp³-hybridized carbons (Fsp3) is 0.258. The van der Waals surface area contributed by atoms with Gasteiger partial charge in [-0.25, -0.2) is 4.79 Å². The molecule has 37 heavy (non-hydrogen) atoms. The number of ketones is 1. The van der Waals surface area contributed by atoms with Crippen molar-refractivity contribution in [2.24, 2.45) is 0 Å². The highest BCUT2D eigenvalue weighted by atomic mass is 16.5. The van der Waals surface area contributed by atoms with Crippen LogP contribution in [0.3, 0.4) is 0 Å². The number of Topliss-reactive ketones (excluding diaryl/α,β-unsaturated/α-hetero) is 1. The Balaban J connectivity index is 1.78. The van der Waals surface area contributed by atoms with Gasteiger partial charge in [0.1, 0.15) is 5.76 Å². The molecule has 3 aromatic rings. The summed E-state index contributed by atoms with van der Waals surface area (Å²) in [7, 11) is 0. The summed E-state index contributed by atoms with van der Waals surface area (Å²) in [6.07, 6.45) is -0.231. The third-order valence-corrected chi connectivity index (χ3v) is 6.43. The Morgan fingerprint density at radius 3 is 2.27 bits per heavy atom. The molecule has 3 aromatic carbocycles. The highest BCUT2D eigenvalue weighted by Crippen LogP contribution is 2.41. The second kappa shape index (κ2) is 10.4. The molecule has 1 heterocycles. The van der Waals surface area contributed by atoms with E-state index in [1.807, 2.05) is 63.2 Å². The van der Waals surface area contributed by atoms with E-state index in [9.17, 15) is 19.5 Å². The molecule has 1 atom stereocenters. The molecule has 1 unspecified atom stereocenters. The van der Waals surface area contributed by atoms with Crippen LogP contribution in [0, 0.1) is 20.8 Å². The molecule has 6 heteroatoms. The number of rotatable bonds is 6. The number of aliphatic hydroxyl groups is 1. The van der Waals surface area contributed by atoms with Crippen LogP contribution in [0.1, 0.15) is 63.6 Å². The van der Waals surface area contributed by atoms with Gasteiger partial charge in [-0.3, -0.25) is 9.59 Å². The summed E-state index contributed by atoms with van der Waals surface area (Å²) in [6, 6.07) is 19.3. The molecule has 0 bridgehead atoms. The topological polar surface area (TPSA) is 83.9 Å². The van der Waals surface area contributed by atoms with Gasteiger partial charge in [-0.05, 0) is 69.5 Å². The average Bonchev–Trinajstić information content (AvgIpc) is 3.10. The van der Waals surface area contributed by atoms with Crippen molar-refractivity contribution in [2.45, 2.75) is 53.3 Å². The van der Waals surface area contributed by atoms with Crippen molar-refractivity contribution in [3.8, 4) is 0 Å². The Morgan fingerprint density at radius 2 is 1.62 bits per heavy atom. The number of nitrogens with zero attached hydrogens (tertiary/aromatic N) is 1. The van der Waals surface area contributed by atoms with E-state index in [1.165, 1.54) is 4.90 Å². The van der Waals surface area contributed by atoms with E-state index in [-0.39, 0.29) is 24.0 Å². The van der Waals surface area contributed by atoms with Gasteiger partial charge < -0.3 is 14.7 Å². The number of amides is 1. The molecule has 1 N–H and O–H groups in total. The van der Waals surface area contributed by atoms with Crippen LogP contribution < -0.4 is 0 Å². The molecule has 0 aliphatic carbocycles. The average molecular weight is 498 g/mol. The lowest BCUT2D eigenvalue weighted by atomic mass is 9.92. The third-order valence-electron chi connectivity index (χ3n) is 6.43. The van der Waals surface area contributed by atoms with Crippen molar-refractivity contribution < 1.29 is 24.2 Å². The van der Waals surface area contributed by atoms with Gasteiger partial charge in [-0.1, -0.05) is 59.7 Å². The van der Waals surface area contributed by atoms with Crippen LogP contribution in [0.4, 0.5) is 0 Å². The first kappa shape index (κ1) is 25.9. The van der Waals surface area contributed by atoms with Gasteiger partial charge in [0, 0.05) is 12.1 Å². The highest BCUT2D eigenvalue weighted by molar-refractivity contribution is 6.46. The van der Waals surface area contributed by atoms with Crippen LogP contribution in [0.5, 0.6) is 0 Å². The Hall–Kier alpha value is -4.19. The Morgan fingerprint density at radius 1 is 0.946 bits per heavy atom. The van der Waals surface area contributed by atoms with Crippen molar-refractivity contribution in [3.05, 3.63) is 111 Å². The largest absolute Gasteiger partial charge is 0.507 e. The molecule has 1 saturated heterocycles. The quantitative estimate of drug-likeness (QED) is 0.201. The number of carbonyl (C=O) groups is 3. The van der Waals surface area contributed by atoms with Crippen LogP contribution >= 0.6 is 0 Å². The van der Waals surface area contributed by atoms with Crippen LogP contribution in [0.25, 0.3) is 5.76 Å². The maximum atomic E-state index is 13.4. The zero-order chi connectivity index (χ0) is 26.9. The van der Waals surface area contributed by atoms with Crippen molar-refractivity contribution >= 4 is 23.4 Å². The van der Waals surface area contributed by atoms with Gasteiger partial charge in [-0.15, -0.1) is 0 Å². The second-order valence-corrected chi connectivity index (χ2v) is 9.81. The van der Waals surface area contributed by atoms with Gasteiger partial charge in [0.15, 0.2) is 0 Å². The smallest absolute Gasteiger partial charge is 0.338 e. The number of aliphatic hydroxyl groups excluding tert-OH is 1. The second-order valence-electron chi connectivity index (χ2n) is 9.81. The minimum absolute atomic E-state index is 0.0708. The Kier molecular flexibility index (Phi) is 7.30. The number of ether oxygens (including phenoxy) is 1. The maximum absolute atomic E-state index is 13.4. The number of hydrogen-bond donors (Lipinski definition) is 1. The predicted molar refractivity (Wildman–Crippen MR) is 142 cm³/mol. The standard InChI is InChI=1S/C31H31NO5/c1-18(2)37-31(36)23-13-11-22(12-14-23)17-32-27(24-8-6-7-19(3)15-24)26(29(34)30(32)35)28(33)25-16-20(4)9-10-21(25)5/h6-16,18,27,33H,17H2,1-5H3/b28-26+. The van der Waals surface area contributed by atoms with Gasteiger partial charge in [0.05, 0.1) is 23.3 Å². The van der Waals surface area contributed by atoms with Gasteiger partial charge in [0.25, 0.3) is 11.7 Å². The SMILES string of the molecule is Cc1cccc(C2/C(=C(\O)c3cc(C)ccc3C)C(=O)C(=O)N2Cc2ccc(C(=O)OC(C)C)cc2)c1. The van der Waals surface area contributed by atoms with Gasteiger partial charge >= 0.3 is 5.97 Å². The molecule has 0 saturated carbocycles. The molecule has 4 rings (SSSR count). The summed E-state index contributed by atoms with van der Waals surface area (Å²) in [5, 5.41) is 11.4. The molecule has 0 aromatic heterocycles. The first-order valence-electron chi connectivity index (χ1n) is 12.3. The zero-order valence-electron chi connectivity index (χ0n) is 21.7. The first-order valence-corrected chi connectivity index (χ1v) is 12.3. The van der Waals surface area contributed by atoms with E-state index in [2.05, 4.69) is 0 Å². The third kappa shape index (κ3) is 5.33. The number of benzene rings is 3. The summed E-state index contributed by atoms with van der Waals surface area (Å²) in [5.41, 5.74) is 5.21. The monoisotopic (exact) mass is 497 g/mol. The molecule has 0 spiro atoms. The van der Waals surface area contributed by atoms with Crippen LogP contribution in [0.15, 0.2) is 72.3 Å². The fourth-order valence-corrected chi connectivity index (χ4v) is 4.59. The predicted octanol–water partition coefficient (Wildman–Crippen LogP) is 5.80. The lowest BCUT2D eigenvalue weighted by Crippen LogP contribution is -2.29. The molecule has 6 nitrogen and oxygen atoms in total. The molecule has 190 valence electrons. The van der Waals surface area contributed by atoms with Gasteiger partial charge in [0.2, 0.25) is 0 Å². The number of carbonyl (C=O) groups excluding carboxylic acids is 3. The van der Waals surface area contributed by atoms with E-state index in [0.717, 1.165) is 27.8 Å². The van der Waals surface area contributed by atoms with E-state index >= 15 is 0 Å². The van der Waals surface area contributed by atoms with E-state index in [1.54, 1.807) is 38.1 Å². The summed E-state index contributed by atoms with van der Waals surface area (Å²) in [5.74, 6) is -2.00. The molecule has 0 radical (unpaired) electrons. The minimum Gasteiger partial charge on any atom is -0.507 e. The normalized spacial score (nSPS) is 16.9. The number of hydrogen-bond acceptors (Lipinski definition) is 5. The van der Waals surface area contributed by atoms with Crippen molar-refractivity contribution in [1.29, 1.82) is 0 Å². The summed E-state index contributed by atoms with van der Waals surface area (Å²) >= 11 is 0. The molecule has 1 fully saturated rings. The summed E-state index contributed by atoms with van der Waals surface area (Å²) in [6.45, 7) is 9.41. The molecule has 1 aliphatic heterocycles. The van der Waals surface area contributed by atoms with Crippen LogP contribution in [0.2, 0.25) is 0 Å². The van der Waals surface area contributed by atoms with E-state index in [4.69, 9.17) is 4.74 Å². The lowest BCUT2D eigenvalue weighted by Gasteiger charge is -2.26. The minimum atomic E-state index is -0.759. The van der Waals surface area contributed by atoms with Crippen molar-refractivity contribution in [3.63, 3.8) is 0 Å². The molecule has 1 aliphatic rings. The first-order chi connectivity index (χ1) is 17.6. The maximum Gasteiger partial charge on any atom is 0.338 e. The van der Waals surface area contributed by atoms with Crippen molar-refractivity contribution in [1.82, 2.24) is 4.90 Å². The lowest BCUT2D eigenvalue weighted by molar-refractivity contribution is -0.140. The van der Waals surface area contributed by atoms with Gasteiger partial charge in [-0.2, -0.15) is 0 Å². The summed E-state index contributed by atoms with van der Waals surface area (Å²) in [4.78, 5) is 40.4. The van der Waals surface area contributed by atoms with E-state index in [0.29, 0.717) is 11.1 Å². The van der Waals surface area contributed by atoms with Crippen molar-refractivity contribution in [2.75, 3.05) is 0 Å². The fourth-order valence-electron chi connectivity index (χ4n) is 4.59. The molecular weight excluding hydrogens is 466 g/mol. The Labute approximate surface area is 217 Å². The van der Waals surface area contributed by atoms with Crippen LogP contribution in [-0.4, -0.2) is 33.8 Å². The summed E-state index contributed by atoms with van der Waals surface area (Å²) < 4.78 is 5.25. The molecular formula is C31H31NO5.